The average molecular weight is 337 g/mol. The summed E-state index contributed by atoms with van der Waals surface area (Å²) in [4.78, 5) is 26.7. The van der Waals surface area contributed by atoms with E-state index in [0.717, 1.165) is 11.4 Å². The number of aromatic nitrogens is 4. The summed E-state index contributed by atoms with van der Waals surface area (Å²) in [5, 5.41) is 0.513. The van der Waals surface area contributed by atoms with Crippen molar-refractivity contribution in [3.63, 3.8) is 0 Å². The highest BCUT2D eigenvalue weighted by Crippen LogP contribution is 2.13. The van der Waals surface area contributed by atoms with Crippen molar-refractivity contribution in [3.05, 3.63) is 47.0 Å². The number of carbonyl (C=O) groups excluding carboxylic acids is 1. The molecule has 0 aliphatic carbocycles. The first-order valence-electron chi connectivity index (χ1n) is 7.22. The normalized spacial score (nSPS) is 10.3. The van der Waals surface area contributed by atoms with Crippen molar-refractivity contribution in [2.24, 2.45) is 0 Å². The molecule has 0 unspecified atom stereocenters. The summed E-state index contributed by atoms with van der Waals surface area (Å²) in [5.41, 5.74) is 2.14. The summed E-state index contributed by atoms with van der Waals surface area (Å²) >= 11 is 5.64. The fourth-order valence-corrected chi connectivity index (χ4v) is 1.72. The Labute approximate surface area is 141 Å². The van der Waals surface area contributed by atoms with E-state index in [1.807, 2.05) is 13.8 Å². The van der Waals surface area contributed by atoms with Crippen molar-refractivity contribution >= 4 is 17.6 Å². The number of methoxy groups -OCH3 is 1. The van der Waals surface area contributed by atoms with Crippen LogP contribution in [0.1, 0.15) is 61.4 Å². The molecule has 0 aliphatic heterocycles. The number of halogens is 1. The maximum Gasteiger partial charge on any atom is 0.356 e. The lowest BCUT2D eigenvalue weighted by Crippen LogP contribution is -2.06. The minimum atomic E-state index is -0.427. The monoisotopic (exact) mass is 336 g/mol. The molecule has 124 valence electrons. The minimum Gasteiger partial charge on any atom is -0.464 e. The second-order valence-electron chi connectivity index (χ2n) is 5.39. The Morgan fingerprint density at radius 3 is 1.91 bits per heavy atom. The Balaban J connectivity index is 0.000000238. The SMILES string of the molecule is CC(C)c1cc(Cl)ncn1.COC(=O)c1cc(C(C)C)ncn1. The van der Waals surface area contributed by atoms with Crippen molar-refractivity contribution in [3.8, 4) is 0 Å². The van der Waals surface area contributed by atoms with Gasteiger partial charge in [0.25, 0.3) is 0 Å². The highest BCUT2D eigenvalue weighted by atomic mass is 35.5. The first kappa shape index (κ1) is 19.0. The first-order valence-corrected chi connectivity index (χ1v) is 7.60. The molecule has 0 aromatic carbocycles. The Bertz CT molecular complexity index is 647. The second kappa shape index (κ2) is 9.15. The van der Waals surface area contributed by atoms with E-state index in [2.05, 4.69) is 38.5 Å². The third-order valence-corrected chi connectivity index (χ3v) is 3.13. The van der Waals surface area contributed by atoms with Crippen molar-refractivity contribution in [1.29, 1.82) is 0 Å². The number of carbonyl (C=O) groups is 1. The highest BCUT2D eigenvalue weighted by molar-refractivity contribution is 6.29. The van der Waals surface area contributed by atoms with Gasteiger partial charge in [-0.1, -0.05) is 39.3 Å². The fourth-order valence-electron chi connectivity index (χ4n) is 1.57. The molecule has 2 aromatic rings. The van der Waals surface area contributed by atoms with Crippen LogP contribution in [-0.4, -0.2) is 33.0 Å². The molecule has 0 atom stereocenters. The Kier molecular flexibility index (Phi) is 7.54. The molecular formula is C16H21ClN4O2. The average Bonchev–Trinajstić information content (AvgIpc) is 2.54. The van der Waals surface area contributed by atoms with Gasteiger partial charge >= 0.3 is 5.97 Å². The van der Waals surface area contributed by atoms with Gasteiger partial charge in [0, 0.05) is 11.4 Å². The summed E-state index contributed by atoms with van der Waals surface area (Å²) in [6.45, 7) is 8.14. The third-order valence-electron chi connectivity index (χ3n) is 2.92. The number of hydrogen-bond donors (Lipinski definition) is 0. The third kappa shape index (κ3) is 6.28. The number of nitrogens with zero attached hydrogens (tertiary/aromatic N) is 4. The maximum atomic E-state index is 11.1. The van der Waals surface area contributed by atoms with E-state index < -0.39 is 5.97 Å². The Morgan fingerprint density at radius 1 is 0.957 bits per heavy atom. The standard InChI is InChI=1S/C9H12N2O2.C7H9ClN2/c1-6(2)7-4-8(9(12)13-3)11-5-10-7;1-5(2)6-3-7(8)10-4-9-6/h4-6H,1-3H3;3-5H,1-2H3. The zero-order valence-corrected chi connectivity index (χ0v) is 14.7. The molecule has 6 nitrogen and oxygen atoms in total. The van der Waals surface area contributed by atoms with Crippen LogP contribution >= 0.6 is 11.6 Å². The van der Waals surface area contributed by atoms with E-state index in [1.54, 1.807) is 12.1 Å². The number of ether oxygens (including phenoxy) is 1. The van der Waals surface area contributed by atoms with Gasteiger partial charge in [-0.15, -0.1) is 0 Å². The molecule has 23 heavy (non-hydrogen) atoms. The predicted octanol–water partition coefficient (Wildman–Crippen LogP) is 3.64. The van der Waals surface area contributed by atoms with E-state index in [0.29, 0.717) is 16.8 Å². The molecule has 0 fully saturated rings. The van der Waals surface area contributed by atoms with Crippen LogP contribution in [0.15, 0.2) is 24.8 Å². The van der Waals surface area contributed by atoms with Crippen molar-refractivity contribution in [2.45, 2.75) is 39.5 Å². The number of rotatable bonds is 3. The fraction of sp³-hybridized carbons (Fsp3) is 0.438. The zero-order valence-electron chi connectivity index (χ0n) is 13.9. The Morgan fingerprint density at radius 2 is 1.48 bits per heavy atom. The molecule has 0 spiro atoms. The highest BCUT2D eigenvalue weighted by Gasteiger charge is 2.09. The molecule has 2 aromatic heterocycles. The predicted molar refractivity (Wildman–Crippen MR) is 88.6 cm³/mol. The van der Waals surface area contributed by atoms with Gasteiger partial charge in [0.15, 0.2) is 5.69 Å². The molecule has 0 amide bonds. The van der Waals surface area contributed by atoms with Crippen LogP contribution in [0.5, 0.6) is 0 Å². The smallest absolute Gasteiger partial charge is 0.356 e. The van der Waals surface area contributed by atoms with Gasteiger partial charge in [-0.05, 0) is 24.0 Å². The zero-order chi connectivity index (χ0) is 17.4. The van der Waals surface area contributed by atoms with Gasteiger partial charge < -0.3 is 4.74 Å². The van der Waals surface area contributed by atoms with Crippen LogP contribution in [0.3, 0.4) is 0 Å². The quantitative estimate of drug-likeness (QED) is 0.629. The van der Waals surface area contributed by atoms with Gasteiger partial charge in [-0.25, -0.2) is 24.7 Å². The molecule has 0 saturated carbocycles. The lowest BCUT2D eigenvalue weighted by atomic mass is 10.1. The summed E-state index contributed by atoms with van der Waals surface area (Å²) in [6, 6.07) is 3.43. The van der Waals surface area contributed by atoms with E-state index in [4.69, 9.17) is 11.6 Å². The lowest BCUT2D eigenvalue weighted by Gasteiger charge is -2.04. The summed E-state index contributed by atoms with van der Waals surface area (Å²) in [7, 11) is 1.33. The van der Waals surface area contributed by atoms with Crippen LogP contribution in [0, 0.1) is 0 Å². The molecule has 0 aliphatic rings. The van der Waals surface area contributed by atoms with Crippen LogP contribution in [0.4, 0.5) is 0 Å². The Hall–Kier alpha value is -2.08. The number of esters is 1. The van der Waals surface area contributed by atoms with Crippen LogP contribution in [0.2, 0.25) is 5.15 Å². The summed E-state index contributed by atoms with van der Waals surface area (Å²) < 4.78 is 4.54. The molecule has 7 heteroatoms. The molecule has 2 heterocycles. The van der Waals surface area contributed by atoms with E-state index >= 15 is 0 Å². The van der Waals surface area contributed by atoms with Crippen molar-refractivity contribution in [1.82, 2.24) is 19.9 Å². The van der Waals surface area contributed by atoms with Gasteiger partial charge in [-0.2, -0.15) is 0 Å². The molecule has 0 radical (unpaired) electrons. The minimum absolute atomic E-state index is 0.284. The second-order valence-corrected chi connectivity index (χ2v) is 5.78. The van der Waals surface area contributed by atoms with Gasteiger partial charge in [-0.3, -0.25) is 0 Å². The van der Waals surface area contributed by atoms with Crippen molar-refractivity contribution in [2.75, 3.05) is 7.11 Å². The van der Waals surface area contributed by atoms with Crippen molar-refractivity contribution < 1.29 is 9.53 Å². The molecular weight excluding hydrogens is 316 g/mol. The van der Waals surface area contributed by atoms with E-state index in [1.165, 1.54) is 19.8 Å². The van der Waals surface area contributed by atoms with Crippen LogP contribution in [-0.2, 0) is 4.74 Å². The van der Waals surface area contributed by atoms with Crippen LogP contribution < -0.4 is 0 Å². The summed E-state index contributed by atoms with van der Waals surface area (Å²) in [5.74, 6) is 0.274. The summed E-state index contributed by atoms with van der Waals surface area (Å²) in [6.07, 6.45) is 2.86. The largest absolute Gasteiger partial charge is 0.464 e. The van der Waals surface area contributed by atoms with Crippen LogP contribution in [0.25, 0.3) is 0 Å². The first-order chi connectivity index (χ1) is 10.8. The van der Waals surface area contributed by atoms with E-state index in [9.17, 15) is 4.79 Å². The van der Waals surface area contributed by atoms with E-state index in [-0.39, 0.29) is 5.92 Å². The topological polar surface area (TPSA) is 77.9 Å². The lowest BCUT2D eigenvalue weighted by molar-refractivity contribution is 0.0593. The maximum absolute atomic E-state index is 11.1. The molecule has 0 N–H and O–H groups in total. The van der Waals surface area contributed by atoms with Gasteiger partial charge in [0.2, 0.25) is 0 Å². The van der Waals surface area contributed by atoms with Gasteiger partial charge in [0.1, 0.15) is 17.8 Å². The number of hydrogen-bond acceptors (Lipinski definition) is 6. The molecule has 0 saturated heterocycles. The molecule has 0 bridgehead atoms. The molecule has 2 rings (SSSR count). The van der Waals surface area contributed by atoms with Gasteiger partial charge in [0.05, 0.1) is 7.11 Å².